The zero-order chi connectivity index (χ0) is 14.7. The summed E-state index contributed by atoms with van der Waals surface area (Å²) in [5.41, 5.74) is 5.89. The van der Waals surface area contributed by atoms with Gasteiger partial charge in [-0.05, 0) is 32.6 Å². The van der Waals surface area contributed by atoms with Crippen LogP contribution in [0.4, 0.5) is 10.9 Å². The highest BCUT2D eigenvalue weighted by atomic mass is 32.1. The van der Waals surface area contributed by atoms with Gasteiger partial charge in [-0.25, -0.2) is 4.98 Å². The van der Waals surface area contributed by atoms with Gasteiger partial charge in [0.2, 0.25) is 0 Å². The Balaban J connectivity index is 2.00. The van der Waals surface area contributed by atoms with Crippen LogP contribution in [0, 0.1) is 5.92 Å². The van der Waals surface area contributed by atoms with Crippen molar-refractivity contribution in [2.45, 2.75) is 46.1 Å². The number of nitrogens with zero attached hydrogens (tertiary/aromatic N) is 2. The summed E-state index contributed by atoms with van der Waals surface area (Å²) in [4.78, 5) is 19.2. The summed E-state index contributed by atoms with van der Waals surface area (Å²) in [6.07, 6.45) is 3.46. The van der Waals surface area contributed by atoms with E-state index in [4.69, 9.17) is 5.73 Å². The molecule has 2 rings (SSSR count). The number of hydrogen-bond acceptors (Lipinski definition) is 5. The normalized spacial score (nSPS) is 20.8. The molecule has 1 amide bonds. The quantitative estimate of drug-likeness (QED) is 0.811. The van der Waals surface area contributed by atoms with E-state index in [0.717, 1.165) is 24.6 Å². The number of nitrogen functional groups attached to an aromatic ring is 1. The summed E-state index contributed by atoms with van der Waals surface area (Å²) in [5.74, 6) is 0.935. The average molecular weight is 296 g/mol. The van der Waals surface area contributed by atoms with Gasteiger partial charge in [0.25, 0.3) is 5.91 Å². The van der Waals surface area contributed by atoms with Crippen molar-refractivity contribution in [2.24, 2.45) is 5.92 Å². The minimum absolute atomic E-state index is 0.0676. The molecule has 1 saturated carbocycles. The van der Waals surface area contributed by atoms with E-state index >= 15 is 0 Å². The SMILES string of the molecule is CCCC1CC1NC(=O)c1sc(N(CC)CC)nc1N. The van der Waals surface area contributed by atoms with Crippen LogP contribution >= 0.6 is 11.3 Å². The zero-order valence-corrected chi connectivity index (χ0v) is 13.3. The van der Waals surface area contributed by atoms with Crippen LogP contribution in [0.1, 0.15) is 49.7 Å². The number of anilines is 2. The standard InChI is InChI=1S/C14H24N4OS/c1-4-7-9-8-10(9)16-13(19)11-12(15)17-14(20-11)18(5-2)6-3/h9-10H,4-8,15H2,1-3H3,(H,16,19). The average Bonchev–Trinajstić information content (AvgIpc) is 3.02. The van der Waals surface area contributed by atoms with Gasteiger partial charge < -0.3 is 16.0 Å². The number of carbonyl (C=O) groups excluding carboxylic acids is 1. The number of nitrogens with one attached hydrogen (secondary N) is 1. The first-order chi connectivity index (χ1) is 9.60. The summed E-state index contributed by atoms with van der Waals surface area (Å²) in [5, 5.41) is 3.90. The Morgan fingerprint density at radius 1 is 1.45 bits per heavy atom. The lowest BCUT2D eigenvalue weighted by Gasteiger charge is -2.16. The number of carbonyl (C=O) groups is 1. The van der Waals surface area contributed by atoms with E-state index in [1.807, 2.05) is 0 Å². The number of aromatic nitrogens is 1. The van der Waals surface area contributed by atoms with Crippen molar-refractivity contribution in [3.63, 3.8) is 0 Å². The van der Waals surface area contributed by atoms with Gasteiger partial charge in [0.1, 0.15) is 10.7 Å². The molecule has 1 heterocycles. The number of amides is 1. The molecular weight excluding hydrogens is 272 g/mol. The molecule has 2 unspecified atom stereocenters. The van der Waals surface area contributed by atoms with Crippen molar-refractivity contribution < 1.29 is 4.79 Å². The van der Waals surface area contributed by atoms with Gasteiger partial charge in [0, 0.05) is 19.1 Å². The predicted octanol–water partition coefficient (Wildman–Crippen LogP) is 2.49. The third-order valence-corrected chi connectivity index (χ3v) is 4.91. The van der Waals surface area contributed by atoms with E-state index in [9.17, 15) is 4.79 Å². The fourth-order valence-electron chi connectivity index (χ4n) is 2.46. The van der Waals surface area contributed by atoms with Crippen LogP contribution in [-0.2, 0) is 0 Å². The molecule has 112 valence electrons. The first kappa shape index (κ1) is 15.1. The molecule has 3 N–H and O–H groups in total. The first-order valence-electron chi connectivity index (χ1n) is 7.42. The van der Waals surface area contributed by atoms with E-state index in [2.05, 4.69) is 36.0 Å². The molecule has 0 spiro atoms. The molecule has 1 aliphatic rings. The molecule has 0 saturated heterocycles. The second kappa shape index (κ2) is 6.43. The van der Waals surface area contributed by atoms with E-state index in [1.165, 1.54) is 24.2 Å². The smallest absolute Gasteiger partial charge is 0.265 e. The maximum absolute atomic E-state index is 12.2. The lowest BCUT2D eigenvalue weighted by atomic mass is 10.2. The third-order valence-electron chi connectivity index (χ3n) is 3.78. The molecule has 1 aromatic heterocycles. The number of thiazole rings is 1. The van der Waals surface area contributed by atoms with Crippen LogP contribution in [-0.4, -0.2) is 30.0 Å². The van der Waals surface area contributed by atoms with Crippen LogP contribution in [0.15, 0.2) is 0 Å². The van der Waals surface area contributed by atoms with Gasteiger partial charge in [-0.3, -0.25) is 4.79 Å². The van der Waals surface area contributed by atoms with Gasteiger partial charge in [0.15, 0.2) is 5.13 Å². The molecule has 0 bridgehead atoms. The maximum Gasteiger partial charge on any atom is 0.265 e. The van der Waals surface area contributed by atoms with Crippen molar-refractivity contribution in [3.05, 3.63) is 4.88 Å². The van der Waals surface area contributed by atoms with Crippen molar-refractivity contribution in [3.8, 4) is 0 Å². The molecule has 0 aromatic carbocycles. The van der Waals surface area contributed by atoms with Crippen molar-refractivity contribution in [2.75, 3.05) is 23.7 Å². The Hall–Kier alpha value is -1.30. The summed E-state index contributed by atoms with van der Waals surface area (Å²) in [6, 6.07) is 0.334. The van der Waals surface area contributed by atoms with Crippen LogP contribution in [0.3, 0.4) is 0 Å². The van der Waals surface area contributed by atoms with Gasteiger partial charge in [-0.15, -0.1) is 0 Å². The number of nitrogens with two attached hydrogens (primary N) is 1. The van der Waals surface area contributed by atoms with E-state index < -0.39 is 0 Å². The van der Waals surface area contributed by atoms with Crippen molar-refractivity contribution in [1.82, 2.24) is 10.3 Å². The predicted molar refractivity (Wildman–Crippen MR) is 84.4 cm³/mol. The largest absolute Gasteiger partial charge is 0.382 e. The summed E-state index contributed by atoms with van der Waals surface area (Å²) < 4.78 is 0. The zero-order valence-electron chi connectivity index (χ0n) is 12.5. The minimum Gasteiger partial charge on any atom is -0.382 e. The molecule has 1 aromatic rings. The number of hydrogen-bond donors (Lipinski definition) is 2. The summed E-state index contributed by atoms with van der Waals surface area (Å²) in [6.45, 7) is 8.05. The highest BCUT2D eigenvalue weighted by Gasteiger charge is 2.37. The first-order valence-corrected chi connectivity index (χ1v) is 8.24. The van der Waals surface area contributed by atoms with E-state index in [-0.39, 0.29) is 5.91 Å². The monoisotopic (exact) mass is 296 g/mol. The molecule has 0 radical (unpaired) electrons. The number of rotatable bonds is 7. The molecule has 6 heteroatoms. The Morgan fingerprint density at radius 2 is 2.15 bits per heavy atom. The van der Waals surface area contributed by atoms with Crippen LogP contribution in [0.5, 0.6) is 0 Å². The minimum atomic E-state index is -0.0676. The molecular formula is C14H24N4OS. The lowest BCUT2D eigenvalue weighted by molar-refractivity contribution is 0.0953. The van der Waals surface area contributed by atoms with Crippen LogP contribution < -0.4 is 16.0 Å². The molecule has 20 heavy (non-hydrogen) atoms. The van der Waals surface area contributed by atoms with Crippen LogP contribution in [0.2, 0.25) is 0 Å². The summed E-state index contributed by atoms with van der Waals surface area (Å²) in [7, 11) is 0. The van der Waals surface area contributed by atoms with Gasteiger partial charge in [0.05, 0.1) is 0 Å². The Kier molecular flexibility index (Phi) is 4.86. The third kappa shape index (κ3) is 3.23. The molecule has 1 aliphatic carbocycles. The topological polar surface area (TPSA) is 71.2 Å². The van der Waals surface area contributed by atoms with Gasteiger partial charge in [-0.1, -0.05) is 24.7 Å². The fourth-order valence-corrected chi connectivity index (χ4v) is 3.48. The highest BCUT2D eigenvalue weighted by molar-refractivity contribution is 7.18. The molecule has 0 aliphatic heterocycles. The second-order valence-corrected chi connectivity index (χ2v) is 6.23. The second-order valence-electron chi connectivity index (χ2n) is 5.25. The fraction of sp³-hybridized carbons (Fsp3) is 0.714. The Bertz CT molecular complexity index is 470. The van der Waals surface area contributed by atoms with E-state index in [0.29, 0.717) is 22.7 Å². The van der Waals surface area contributed by atoms with Crippen LogP contribution in [0.25, 0.3) is 0 Å². The Morgan fingerprint density at radius 3 is 2.75 bits per heavy atom. The molecule has 2 atom stereocenters. The van der Waals surface area contributed by atoms with Gasteiger partial charge in [-0.2, -0.15) is 0 Å². The van der Waals surface area contributed by atoms with E-state index in [1.54, 1.807) is 0 Å². The lowest BCUT2D eigenvalue weighted by Crippen LogP contribution is -2.26. The maximum atomic E-state index is 12.2. The highest BCUT2D eigenvalue weighted by Crippen LogP contribution is 2.35. The van der Waals surface area contributed by atoms with Crippen molar-refractivity contribution >= 4 is 28.2 Å². The molecule has 5 nitrogen and oxygen atoms in total. The Labute approximate surface area is 124 Å². The summed E-state index contributed by atoms with van der Waals surface area (Å²) >= 11 is 1.39. The van der Waals surface area contributed by atoms with Gasteiger partial charge >= 0.3 is 0 Å². The van der Waals surface area contributed by atoms with Crippen molar-refractivity contribution in [1.29, 1.82) is 0 Å². The molecule has 1 fully saturated rings.